The van der Waals surface area contributed by atoms with E-state index >= 15 is 0 Å². The molecule has 0 amide bonds. The van der Waals surface area contributed by atoms with E-state index in [0.29, 0.717) is 0 Å². The van der Waals surface area contributed by atoms with Crippen LogP contribution in [0, 0.1) is 0 Å². The summed E-state index contributed by atoms with van der Waals surface area (Å²) in [6.07, 6.45) is 9.73. The molecule has 0 spiro atoms. The third-order valence-electron chi connectivity index (χ3n) is 3.34. The fourth-order valence-corrected chi connectivity index (χ4v) is 2.34. The number of hydrogen-bond donors (Lipinski definition) is 1. The number of rotatable bonds is 5. The molecule has 2 aromatic heterocycles. The molecule has 1 N–H and O–H groups in total. The molecule has 0 aliphatic heterocycles. The van der Waals surface area contributed by atoms with Crippen LogP contribution in [0.15, 0.2) is 49.3 Å². The molecule has 0 radical (unpaired) electrons. The molecule has 1 aromatic carbocycles. The highest BCUT2D eigenvalue weighted by atomic mass is 14.9. The molecule has 21 heavy (non-hydrogen) atoms. The second kappa shape index (κ2) is 6.37. The molecular weight excluding hydrogens is 262 g/mol. The van der Waals surface area contributed by atoms with Crippen LogP contribution in [0.3, 0.4) is 0 Å². The van der Waals surface area contributed by atoms with Gasteiger partial charge in [-0.3, -0.25) is 9.97 Å². The van der Waals surface area contributed by atoms with E-state index in [4.69, 9.17) is 0 Å². The second-order valence-electron chi connectivity index (χ2n) is 4.86. The van der Waals surface area contributed by atoms with E-state index in [0.717, 1.165) is 35.1 Å². The van der Waals surface area contributed by atoms with Crippen LogP contribution in [0.2, 0.25) is 0 Å². The molecule has 106 valence electrons. The van der Waals surface area contributed by atoms with Crippen LogP contribution in [0.25, 0.3) is 11.0 Å². The fraction of sp³-hybridized carbons (Fsp3) is 0.250. The number of aromatic nitrogens is 4. The second-order valence-corrected chi connectivity index (χ2v) is 4.86. The van der Waals surface area contributed by atoms with Crippen molar-refractivity contribution in [2.75, 3.05) is 6.54 Å². The van der Waals surface area contributed by atoms with Crippen molar-refractivity contribution in [2.24, 2.45) is 0 Å². The van der Waals surface area contributed by atoms with Crippen molar-refractivity contribution in [1.29, 1.82) is 0 Å². The molecular formula is C16H17N5. The van der Waals surface area contributed by atoms with Crippen LogP contribution in [-0.4, -0.2) is 26.5 Å². The van der Waals surface area contributed by atoms with Gasteiger partial charge in [-0.05, 0) is 30.7 Å². The van der Waals surface area contributed by atoms with Gasteiger partial charge in [0, 0.05) is 30.4 Å². The summed E-state index contributed by atoms with van der Waals surface area (Å²) < 4.78 is 0. The summed E-state index contributed by atoms with van der Waals surface area (Å²) in [6, 6.07) is 6.22. The molecule has 0 aliphatic rings. The van der Waals surface area contributed by atoms with Gasteiger partial charge in [0.25, 0.3) is 0 Å². The Morgan fingerprint density at radius 1 is 1.00 bits per heavy atom. The van der Waals surface area contributed by atoms with E-state index in [1.807, 2.05) is 18.5 Å². The molecule has 2 heterocycles. The first-order valence-corrected chi connectivity index (χ1v) is 7.07. The van der Waals surface area contributed by atoms with Gasteiger partial charge in [-0.25, -0.2) is 9.97 Å². The van der Waals surface area contributed by atoms with Gasteiger partial charge in [-0.15, -0.1) is 0 Å². The maximum Gasteiger partial charge on any atom is 0.115 e. The fourth-order valence-electron chi connectivity index (χ4n) is 2.34. The van der Waals surface area contributed by atoms with Crippen LogP contribution in [0.5, 0.6) is 0 Å². The summed E-state index contributed by atoms with van der Waals surface area (Å²) in [5.74, 6) is 0. The zero-order valence-electron chi connectivity index (χ0n) is 11.9. The minimum absolute atomic E-state index is 0.0672. The number of benzene rings is 1. The maximum atomic E-state index is 4.38. The van der Waals surface area contributed by atoms with Crippen molar-refractivity contribution in [3.63, 3.8) is 0 Å². The Balaban J connectivity index is 2.01. The summed E-state index contributed by atoms with van der Waals surface area (Å²) in [7, 11) is 0. The third-order valence-corrected chi connectivity index (χ3v) is 3.34. The zero-order valence-corrected chi connectivity index (χ0v) is 11.9. The molecule has 1 atom stereocenters. The number of hydrogen-bond acceptors (Lipinski definition) is 5. The number of nitrogens with zero attached hydrogens (tertiary/aromatic N) is 4. The van der Waals surface area contributed by atoms with Crippen molar-refractivity contribution in [3.8, 4) is 0 Å². The largest absolute Gasteiger partial charge is 0.306 e. The number of fused-ring (bicyclic) bond motifs is 1. The molecule has 0 bridgehead atoms. The highest BCUT2D eigenvalue weighted by Crippen LogP contribution is 2.23. The van der Waals surface area contributed by atoms with Crippen molar-refractivity contribution < 1.29 is 0 Å². The van der Waals surface area contributed by atoms with Gasteiger partial charge in [0.2, 0.25) is 0 Å². The molecule has 1 unspecified atom stereocenters. The number of nitrogens with one attached hydrogen (secondary N) is 1. The Hall–Kier alpha value is -2.40. The van der Waals surface area contributed by atoms with Gasteiger partial charge >= 0.3 is 0 Å². The summed E-state index contributed by atoms with van der Waals surface area (Å²) in [5, 5.41) is 3.54. The van der Waals surface area contributed by atoms with E-state index in [1.54, 1.807) is 18.7 Å². The first-order chi connectivity index (χ1) is 10.4. The van der Waals surface area contributed by atoms with E-state index < -0.39 is 0 Å². The average molecular weight is 279 g/mol. The van der Waals surface area contributed by atoms with E-state index in [-0.39, 0.29) is 6.04 Å². The van der Waals surface area contributed by atoms with Gasteiger partial charge in [-0.2, -0.15) is 0 Å². The predicted octanol–water partition coefficient (Wildman–Crippen LogP) is 2.51. The van der Waals surface area contributed by atoms with Crippen LogP contribution in [-0.2, 0) is 0 Å². The summed E-state index contributed by atoms with van der Waals surface area (Å²) in [4.78, 5) is 16.9. The monoisotopic (exact) mass is 279 g/mol. The highest BCUT2D eigenvalue weighted by molar-refractivity contribution is 5.74. The molecule has 3 rings (SSSR count). The lowest BCUT2D eigenvalue weighted by Gasteiger charge is -2.19. The lowest BCUT2D eigenvalue weighted by atomic mass is 10.0. The smallest absolute Gasteiger partial charge is 0.115 e. The Morgan fingerprint density at radius 3 is 2.52 bits per heavy atom. The predicted molar refractivity (Wildman–Crippen MR) is 81.7 cm³/mol. The Bertz CT molecular complexity index is 714. The van der Waals surface area contributed by atoms with Gasteiger partial charge < -0.3 is 5.32 Å². The first kappa shape index (κ1) is 13.6. The lowest BCUT2D eigenvalue weighted by molar-refractivity contribution is 0.595. The molecule has 0 saturated carbocycles. The molecule has 5 nitrogen and oxygen atoms in total. The van der Waals surface area contributed by atoms with Crippen LogP contribution in [0.1, 0.15) is 30.5 Å². The SMILES string of the molecule is CCCNC(c1cncnc1)c1ccc2nccnc2c1. The topological polar surface area (TPSA) is 63.6 Å². The van der Waals surface area contributed by atoms with Crippen molar-refractivity contribution in [1.82, 2.24) is 25.3 Å². The minimum Gasteiger partial charge on any atom is -0.306 e. The standard InChI is InChI=1S/C16H17N5/c1-2-5-21-16(13-9-17-11-18-10-13)12-3-4-14-15(8-12)20-7-6-19-14/h3-4,6-11,16,21H,2,5H2,1H3. The maximum absolute atomic E-state index is 4.38. The van der Waals surface area contributed by atoms with Gasteiger partial charge in [0.1, 0.15) is 6.33 Å². The average Bonchev–Trinajstić information content (AvgIpc) is 2.56. The highest BCUT2D eigenvalue weighted by Gasteiger charge is 2.14. The van der Waals surface area contributed by atoms with Crippen LogP contribution >= 0.6 is 0 Å². The summed E-state index contributed by atoms with van der Waals surface area (Å²) in [5.41, 5.74) is 4.00. The van der Waals surface area contributed by atoms with E-state index in [1.165, 1.54) is 0 Å². The first-order valence-electron chi connectivity index (χ1n) is 7.07. The molecule has 0 saturated heterocycles. The molecule has 5 heteroatoms. The van der Waals surface area contributed by atoms with Gasteiger partial charge in [-0.1, -0.05) is 13.0 Å². The third kappa shape index (κ3) is 3.03. The van der Waals surface area contributed by atoms with E-state index in [2.05, 4.69) is 44.3 Å². The lowest BCUT2D eigenvalue weighted by Crippen LogP contribution is -2.23. The molecule has 0 aliphatic carbocycles. The summed E-state index contributed by atoms with van der Waals surface area (Å²) in [6.45, 7) is 3.08. The Kier molecular flexibility index (Phi) is 4.12. The molecule has 3 aromatic rings. The Morgan fingerprint density at radius 2 is 1.76 bits per heavy atom. The minimum atomic E-state index is 0.0672. The Labute approximate surface area is 123 Å². The van der Waals surface area contributed by atoms with Crippen LogP contribution in [0.4, 0.5) is 0 Å². The van der Waals surface area contributed by atoms with Crippen molar-refractivity contribution in [2.45, 2.75) is 19.4 Å². The van der Waals surface area contributed by atoms with Crippen molar-refractivity contribution >= 4 is 11.0 Å². The molecule has 0 fully saturated rings. The van der Waals surface area contributed by atoms with E-state index in [9.17, 15) is 0 Å². The zero-order chi connectivity index (χ0) is 14.5. The summed E-state index contributed by atoms with van der Waals surface area (Å²) >= 11 is 0. The van der Waals surface area contributed by atoms with Gasteiger partial charge in [0.05, 0.1) is 17.1 Å². The normalized spacial score (nSPS) is 12.4. The quantitative estimate of drug-likeness (QED) is 0.777. The van der Waals surface area contributed by atoms with Crippen molar-refractivity contribution in [3.05, 3.63) is 60.4 Å². The van der Waals surface area contributed by atoms with Crippen LogP contribution < -0.4 is 5.32 Å². The van der Waals surface area contributed by atoms with Gasteiger partial charge in [0.15, 0.2) is 0 Å².